The van der Waals surface area contributed by atoms with Gasteiger partial charge in [0.2, 0.25) is 0 Å². The highest BCUT2D eigenvalue weighted by molar-refractivity contribution is 7.89. The van der Waals surface area contributed by atoms with Gasteiger partial charge in [0.15, 0.2) is 9.84 Å². The van der Waals surface area contributed by atoms with Crippen molar-refractivity contribution in [2.24, 2.45) is 0 Å². The minimum atomic E-state index is -2.91. The van der Waals surface area contributed by atoms with Crippen molar-refractivity contribution in [2.75, 3.05) is 6.26 Å². The second-order valence-electron chi connectivity index (χ2n) is 3.97. The van der Waals surface area contributed by atoms with E-state index in [4.69, 9.17) is 0 Å². The maximum absolute atomic E-state index is 11.0. The van der Waals surface area contributed by atoms with E-state index in [1.165, 1.54) is 11.8 Å². The molecule has 0 spiro atoms. The number of hydrogen-bond donors (Lipinski definition) is 0. The minimum Gasteiger partial charge on any atom is -0.229 e. The zero-order chi connectivity index (χ0) is 10.8. The summed E-state index contributed by atoms with van der Waals surface area (Å²) in [6.45, 7) is 4.23. The molecular weight excluding hydrogens is 196 g/mol. The Morgan fingerprint density at radius 2 is 1.64 bits per heavy atom. The molecule has 78 valence electrons. The molecule has 1 rings (SSSR count). The monoisotopic (exact) mass is 212 g/mol. The molecule has 3 heteroatoms. The lowest BCUT2D eigenvalue weighted by Crippen LogP contribution is -2.00. The molecule has 0 aliphatic rings. The van der Waals surface area contributed by atoms with E-state index in [1.807, 2.05) is 24.3 Å². The van der Waals surface area contributed by atoms with Gasteiger partial charge in [-0.2, -0.15) is 0 Å². The van der Waals surface area contributed by atoms with Gasteiger partial charge in [-0.25, -0.2) is 8.42 Å². The highest BCUT2D eigenvalue weighted by Crippen LogP contribution is 2.15. The van der Waals surface area contributed by atoms with Gasteiger partial charge in [0.05, 0.1) is 5.75 Å². The molecule has 1 aromatic carbocycles. The smallest absolute Gasteiger partial charge is 0.151 e. The largest absolute Gasteiger partial charge is 0.229 e. The Kier molecular flexibility index (Phi) is 3.32. The molecule has 0 N–H and O–H groups in total. The van der Waals surface area contributed by atoms with E-state index in [-0.39, 0.29) is 5.75 Å². The van der Waals surface area contributed by atoms with E-state index in [0.717, 1.165) is 5.56 Å². The van der Waals surface area contributed by atoms with Crippen LogP contribution >= 0.6 is 0 Å². The molecule has 0 aromatic heterocycles. The van der Waals surface area contributed by atoms with Gasteiger partial charge in [0, 0.05) is 6.26 Å². The molecule has 1 aromatic rings. The Labute approximate surface area is 85.9 Å². The van der Waals surface area contributed by atoms with Crippen LogP contribution in [0.1, 0.15) is 30.9 Å². The van der Waals surface area contributed by atoms with Crippen LogP contribution in [0.4, 0.5) is 0 Å². The lowest BCUT2D eigenvalue weighted by atomic mass is 10.0. The van der Waals surface area contributed by atoms with Crippen molar-refractivity contribution in [3.63, 3.8) is 0 Å². The van der Waals surface area contributed by atoms with Crippen LogP contribution < -0.4 is 0 Å². The molecule has 0 aliphatic heterocycles. The van der Waals surface area contributed by atoms with Gasteiger partial charge in [0.25, 0.3) is 0 Å². The average Bonchev–Trinajstić information content (AvgIpc) is 2.02. The fourth-order valence-electron chi connectivity index (χ4n) is 1.30. The van der Waals surface area contributed by atoms with Crippen molar-refractivity contribution in [3.8, 4) is 0 Å². The highest BCUT2D eigenvalue weighted by atomic mass is 32.2. The summed E-state index contributed by atoms with van der Waals surface area (Å²) in [6, 6.07) is 7.75. The number of sulfone groups is 1. The van der Waals surface area contributed by atoms with Crippen LogP contribution in [0, 0.1) is 0 Å². The van der Waals surface area contributed by atoms with Crippen molar-refractivity contribution in [2.45, 2.75) is 25.5 Å². The Bertz CT molecular complexity index is 388. The topological polar surface area (TPSA) is 34.1 Å². The maximum Gasteiger partial charge on any atom is 0.151 e. The van der Waals surface area contributed by atoms with Crippen molar-refractivity contribution in [3.05, 3.63) is 35.4 Å². The Hall–Kier alpha value is -0.830. The van der Waals surface area contributed by atoms with Crippen LogP contribution in [0.15, 0.2) is 24.3 Å². The van der Waals surface area contributed by atoms with E-state index in [9.17, 15) is 8.42 Å². The molecular formula is C11H16O2S. The summed E-state index contributed by atoms with van der Waals surface area (Å²) in [5, 5.41) is 0. The lowest BCUT2D eigenvalue weighted by molar-refractivity contribution is 0.601. The van der Waals surface area contributed by atoms with Crippen LogP contribution in [0.3, 0.4) is 0 Å². The molecule has 0 amide bonds. The van der Waals surface area contributed by atoms with Crippen molar-refractivity contribution in [1.82, 2.24) is 0 Å². The standard InChI is InChI=1S/C11H16O2S/c1-9(2)11-6-4-10(5-7-11)8-14(3,12)13/h4-7,9H,8H2,1-3H3. The number of benzene rings is 1. The highest BCUT2D eigenvalue weighted by Gasteiger charge is 2.04. The fourth-order valence-corrected chi connectivity index (χ4v) is 2.10. The molecule has 0 heterocycles. The molecule has 0 aliphatic carbocycles. The zero-order valence-electron chi connectivity index (χ0n) is 8.82. The van der Waals surface area contributed by atoms with E-state index >= 15 is 0 Å². The Morgan fingerprint density at radius 1 is 1.14 bits per heavy atom. The van der Waals surface area contributed by atoms with Gasteiger partial charge >= 0.3 is 0 Å². The van der Waals surface area contributed by atoms with Gasteiger partial charge in [-0.05, 0) is 17.0 Å². The zero-order valence-corrected chi connectivity index (χ0v) is 9.64. The summed E-state index contributed by atoms with van der Waals surface area (Å²) in [7, 11) is -2.91. The summed E-state index contributed by atoms with van der Waals surface area (Å²) >= 11 is 0. The number of hydrogen-bond acceptors (Lipinski definition) is 2. The third-order valence-corrected chi connectivity index (χ3v) is 2.93. The molecule has 14 heavy (non-hydrogen) atoms. The van der Waals surface area contributed by atoms with Crippen LogP contribution in [-0.4, -0.2) is 14.7 Å². The van der Waals surface area contributed by atoms with Crippen LogP contribution in [0.2, 0.25) is 0 Å². The Balaban J connectivity index is 2.84. The van der Waals surface area contributed by atoms with Crippen LogP contribution in [-0.2, 0) is 15.6 Å². The van der Waals surface area contributed by atoms with Gasteiger partial charge in [-0.1, -0.05) is 38.1 Å². The van der Waals surface area contributed by atoms with E-state index in [2.05, 4.69) is 13.8 Å². The van der Waals surface area contributed by atoms with E-state index in [1.54, 1.807) is 0 Å². The van der Waals surface area contributed by atoms with Crippen molar-refractivity contribution >= 4 is 9.84 Å². The lowest BCUT2D eigenvalue weighted by Gasteiger charge is -2.05. The first kappa shape index (κ1) is 11.2. The summed E-state index contributed by atoms with van der Waals surface area (Å²) in [4.78, 5) is 0. The molecule has 0 fully saturated rings. The summed E-state index contributed by atoms with van der Waals surface area (Å²) in [5.41, 5.74) is 2.10. The van der Waals surface area contributed by atoms with Crippen LogP contribution in [0.5, 0.6) is 0 Å². The summed E-state index contributed by atoms with van der Waals surface area (Å²) in [5.74, 6) is 0.619. The minimum absolute atomic E-state index is 0.130. The predicted molar refractivity (Wildman–Crippen MR) is 59.1 cm³/mol. The molecule has 0 unspecified atom stereocenters. The fraction of sp³-hybridized carbons (Fsp3) is 0.455. The normalized spacial score (nSPS) is 12.0. The summed E-state index contributed by atoms with van der Waals surface area (Å²) < 4.78 is 22.0. The van der Waals surface area contributed by atoms with Gasteiger partial charge < -0.3 is 0 Å². The van der Waals surface area contributed by atoms with Gasteiger partial charge in [0.1, 0.15) is 0 Å². The third kappa shape index (κ3) is 3.50. The Morgan fingerprint density at radius 3 is 2.00 bits per heavy atom. The summed E-state index contributed by atoms with van der Waals surface area (Å²) in [6.07, 6.45) is 1.25. The first-order valence-electron chi connectivity index (χ1n) is 4.65. The van der Waals surface area contributed by atoms with Gasteiger partial charge in [-0.15, -0.1) is 0 Å². The second-order valence-corrected chi connectivity index (χ2v) is 6.11. The predicted octanol–water partition coefficient (Wildman–Crippen LogP) is 2.35. The quantitative estimate of drug-likeness (QED) is 0.770. The molecule has 2 nitrogen and oxygen atoms in total. The first-order chi connectivity index (χ1) is 6.38. The first-order valence-corrected chi connectivity index (χ1v) is 6.71. The maximum atomic E-state index is 11.0. The van der Waals surface area contributed by atoms with Crippen molar-refractivity contribution < 1.29 is 8.42 Å². The van der Waals surface area contributed by atoms with E-state index in [0.29, 0.717) is 5.92 Å². The second kappa shape index (κ2) is 4.13. The van der Waals surface area contributed by atoms with Crippen LogP contribution in [0.25, 0.3) is 0 Å². The third-order valence-electron chi connectivity index (χ3n) is 2.08. The average molecular weight is 212 g/mol. The van der Waals surface area contributed by atoms with Gasteiger partial charge in [-0.3, -0.25) is 0 Å². The van der Waals surface area contributed by atoms with E-state index < -0.39 is 9.84 Å². The molecule has 0 bridgehead atoms. The van der Waals surface area contributed by atoms with Crippen molar-refractivity contribution in [1.29, 1.82) is 0 Å². The molecule has 0 radical (unpaired) electrons. The molecule has 0 saturated carbocycles. The molecule has 0 atom stereocenters. The SMILES string of the molecule is CC(C)c1ccc(CS(C)(=O)=O)cc1. The number of rotatable bonds is 3. The molecule has 0 saturated heterocycles.